The first kappa shape index (κ1) is 17.5. The Morgan fingerprint density at radius 1 is 1.24 bits per heavy atom. The molecule has 1 aromatic carbocycles. The highest BCUT2D eigenvalue weighted by molar-refractivity contribution is 5.79. The zero-order chi connectivity index (χ0) is 16.0. The van der Waals surface area contributed by atoms with E-state index in [1.807, 2.05) is 49.9 Å². The summed E-state index contributed by atoms with van der Waals surface area (Å²) in [5.74, 6) is 0.980. The predicted molar refractivity (Wildman–Crippen MR) is 84.3 cm³/mol. The molecule has 3 unspecified atom stereocenters. The number of carbonyl (C=O) groups is 1. The van der Waals surface area contributed by atoms with Crippen LogP contribution in [0.2, 0.25) is 0 Å². The lowest BCUT2D eigenvalue weighted by Crippen LogP contribution is -2.29. The number of hydrogen-bond donors (Lipinski definition) is 1. The van der Waals surface area contributed by atoms with Gasteiger partial charge in [0.1, 0.15) is 5.75 Å². The van der Waals surface area contributed by atoms with Crippen LogP contribution in [0.1, 0.15) is 45.7 Å². The van der Waals surface area contributed by atoms with Crippen molar-refractivity contribution in [2.24, 2.45) is 5.92 Å². The topological polar surface area (TPSA) is 49.8 Å². The van der Waals surface area contributed by atoms with Crippen LogP contribution < -0.4 is 4.74 Å². The van der Waals surface area contributed by atoms with Crippen molar-refractivity contribution in [1.29, 1.82) is 0 Å². The molecule has 1 aromatic rings. The molecule has 1 amide bonds. The number of aliphatic hydroxyl groups is 1. The Kier molecular flexibility index (Phi) is 6.69. The molecule has 0 aromatic heterocycles. The summed E-state index contributed by atoms with van der Waals surface area (Å²) in [6.07, 6.45) is 0.00930. The number of amides is 1. The van der Waals surface area contributed by atoms with Gasteiger partial charge in [0.2, 0.25) is 5.91 Å². The molecule has 1 aliphatic heterocycles. The fraction of sp³-hybridized carbons (Fsp3) is 0.588. The van der Waals surface area contributed by atoms with Gasteiger partial charge in [-0.2, -0.15) is 0 Å². The van der Waals surface area contributed by atoms with E-state index in [1.54, 1.807) is 14.0 Å². The highest BCUT2D eigenvalue weighted by Crippen LogP contribution is 2.30. The van der Waals surface area contributed by atoms with Crippen LogP contribution >= 0.6 is 0 Å². The van der Waals surface area contributed by atoms with E-state index < -0.39 is 6.10 Å². The van der Waals surface area contributed by atoms with E-state index in [0.717, 1.165) is 11.3 Å². The second-order valence-corrected chi connectivity index (χ2v) is 5.20. The van der Waals surface area contributed by atoms with Crippen molar-refractivity contribution in [3.8, 4) is 5.75 Å². The first-order chi connectivity index (χ1) is 10.0. The molecule has 2 rings (SSSR count). The molecule has 3 atom stereocenters. The van der Waals surface area contributed by atoms with E-state index in [9.17, 15) is 9.90 Å². The van der Waals surface area contributed by atoms with Gasteiger partial charge in [0, 0.05) is 18.9 Å². The Hall–Kier alpha value is -1.55. The van der Waals surface area contributed by atoms with E-state index in [4.69, 9.17) is 4.74 Å². The van der Waals surface area contributed by atoms with Crippen molar-refractivity contribution in [2.75, 3.05) is 13.7 Å². The van der Waals surface area contributed by atoms with E-state index >= 15 is 0 Å². The molecular weight excluding hydrogens is 266 g/mol. The normalized spacial score (nSPS) is 20.6. The quantitative estimate of drug-likeness (QED) is 0.928. The third-order valence-corrected chi connectivity index (χ3v) is 3.94. The second-order valence-electron chi connectivity index (χ2n) is 5.20. The summed E-state index contributed by atoms with van der Waals surface area (Å²) in [5, 5.41) is 9.61. The summed E-state index contributed by atoms with van der Waals surface area (Å²) in [4.78, 5) is 13.9. The second kappa shape index (κ2) is 8.03. The lowest BCUT2D eigenvalue weighted by Gasteiger charge is -2.25. The molecule has 4 heteroatoms. The molecule has 0 radical (unpaired) electrons. The number of methoxy groups -OCH3 is 1. The first-order valence-electron chi connectivity index (χ1n) is 7.64. The van der Waals surface area contributed by atoms with Gasteiger partial charge in [-0.25, -0.2) is 0 Å². The van der Waals surface area contributed by atoms with Crippen LogP contribution in [0.5, 0.6) is 5.75 Å². The van der Waals surface area contributed by atoms with Gasteiger partial charge in [0.15, 0.2) is 0 Å². The molecule has 21 heavy (non-hydrogen) atoms. The molecule has 1 heterocycles. The predicted octanol–water partition coefficient (Wildman–Crippen LogP) is 3.01. The fourth-order valence-corrected chi connectivity index (χ4v) is 2.52. The monoisotopic (exact) mass is 293 g/mol. The molecule has 0 spiro atoms. The molecule has 118 valence electrons. The van der Waals surface area contributed by atoms with Gasteiger partial charge in [-0.15, -0.1) is 0 Å². The number of rotatable bonds is 4. The number of aliphatic hydroxyl groups excluding tert-OH is 1. The summed E-state index contributed by atoms with van der Waals surface area (Å²) >= 11 is 0. The molecule has 1 aliphatic rings. The number of carbonyl (C=O) groups excluding carboxylic acids is 1. The van der Waals surface area contributed by atoms with Gasteiger partial charge < -0.3 is 14.7 Å². The summed E-state index contributed by atoms with van der Waals surface area (Å²) in [6.45, 7) is 8.40. The summed E-state index contributed by atoms with van der Waals surface area (Å²) in [7, 11) is 1.63. The first-order valence-corrected chi connectivity index (χ1v) is 7.64. The van der Waals surface area contributed by atoms with Gasteiger partial charge in [0.05, 0.1) is 19.3 Å². The minimum atomic E-state index is -0.433. The zero-order valence-corrected chi connectivity index (χ0v) is 13.7. The van der Waals surface area contributed by atoms with Crippen molar-refractivity contribution in [3.63, 3.8) is 0 Å². The van der Waals surface area contributed by atoms with E-state index in [1.165, 1.54) is 0 Å². The van der Waals surface area contributed by atoms with Crippen molar-refractivity contribution in [2.45, 2.75) is 46.3 Å². The van der Waals surface area contributed by atoms with Crippen LogP contribution in [0.3, 0.4) is 0 Å². The smallest absolute Gasteiger partial charge is 0.223 e. The van der Waals surface area contributed by atoms with Gasteiger partial charge >= 0.3 is 0 Å². The molecule has 0 saturated carbocycles. The molecule has 1 saturated heterocycles. The van der Waals surface area contributed by atoms with Crippen molar-refractivity contribution >= 4 is 5.91 Å². The highest BCUT2D eigenvalue weighted by atomic mass is 16.5. The van der Waals surface area contributed by atoms with Crippen LogP contribution in [0.4, 0.5) is 0 Å². The third kappa shape index (κ3) is 4.21. The van der Waals surface area contributed by atoms with Crippen molar-refractivity contribution in [3.05, 3.63) is 29.8 Å². The SMILES string of the molecule is CC.COc1ccc(C(C)N2CC(C(C)O)CC2=O)cc1. The molecule has 1 fully saturated rings. The summed E-state index contributed by atoms with van der Waals surface area (Å²) in [5.41, 5.74) is 1.08. The Morgan fingerprint density at radius 3 is 2.24 bits per heavy atom. The van der Waals surface area contributed by atoms with Crippen LogP contribution in [0, 0.1) is 5.92 Å². The van der Waals surface area contributed by atoms with Gasteiger partial charge in [0.25, 0.3) is 0 Å². The lowest BCUT2D eigenvalue weighted by atomic mass is 10.0. The molecule has 4 nitrogen and oxygen atoms in total. The summed E-state index contributed by atoms with van der Waals surface area (Å²) in [6, 6.07) is 7.79. The largest absolute Gasteiger partial charge is 0.497 e. The molecular formula is C17H27NO3. The standard InChI is InChI=1S/C15H21NO3.C2H6/c1-10(12-4-6-14(19-3)7-5-12)16-9-13(11(2)17)8-15(16)18;1-2/h4-7,10-11,13,17H,8-9H2,1-3H3;1-2H3. The number of benzene rings is 1. The van der Waals surface area contributed by atoms with E-state index in [-0.39, 0.29) is 17.9 Å². The maximum absolute atomic E-state index is 12.0. The molecule has 0 aliphatic carbocycles. The highest BCUT2D eigenvalue weighted by Gasteiger charge is 2.35. The fourth-order valence-electron chi connectivity index (χ4n) is 2.52. The molecule has 1 N–H and O–H groups in total. The summed E-state index contributed by atoms with van der Waals surface area (Å²) < 4.78 is 5.13. The Morgan fingerprint density at radius 2 is 1.81 bits per heavy atom. The van der Waals surface area contributed by atoms with Gasteiger partial charge in [-0.1, -0.05) is 26.0 Å². The molecule has 0 bridgehead atoms. The zero-order valence-electron chi connectivity index (χ0n) is 13.7. The lowest BCUT2D eigenvalue weighted by molar-refractivity contribution is -0.129. The van der Waals surface area contributed by atoms with Gasteiger partial charge in [-0.3, -0.25) is 4.79 Å². The van der Waals surface area contributed by atoms with Crippen LogP contribution in [-0.2, 0) is 4.79 Å². The van der Waals surface area contributed by atoms with Gasteiger partial charge in [-0.05, 0) is 31.5 Å². The van der Waals surface area contributed by atoms with Crippen molar-refractivity contribution in [1.82, 2.24) is 4.90 Å². The third-order valence-electron chi connectivity index (χ3n) is 3.94. The van der Waals surface area contributed by atoms with Crippen LogP contribution in [0.25, 0.3) is 0 Å². The van der Waals surface area contributed by atoms with Crippen LogP contribution in [-0.4, -0.2) is 35.7 Å². The Balaban J connectivity index is 0.00000106. The Labute approximate surface area is 127 Å². The maximum Gasteiger partial charge on any atom is 0.223 e. The average Bonchev–Trinajstić information content (AvgIpc) is 2.91. The number of nitrogens with zero attached hydrogens (tertiary/aromatic N) is 1. The number of likely N-dealkylation sites (tertiary alicyclic amines) is 1. The van der Waals surface area contributed by atoms with E-state index in [0.29, 0.717) is 13.0 Å². The van der Waals surface area contributed by atoms with E-state index in [2.05, 4.69) is 0 Å². The average molecular weight is 293 g/mol. The number of hydrogen-bond acceptors (Lipinski definition) is 3. The maximum atomic E-state index is 12.0. The van der Waals surface area contributed by atoms with Crippen LogP contribution in [0.15, 0.2) is 24.3 Å². The minimum Gasteiger partial charge on any atom is -0.497 e. The number of ether oxygens (including phenoxy) is 1. The minimum absolute atomic E-state index is 0.0298. The van der Waals surface area contributed by atoms with Crippen molar-refractivity contribution < 1.29 is 14.6 Å². The Bertz CT molecular complexity index is 442.